The second-order valence-corrected chi connectivity index (χ2v) is 6.94. The standard InChI is InChI=1S/C18H20Cl2N6O/c1-11-6-16(25-24-11)21-15-10-17(26(2)4-5-27-3)23-18(22-15)12-7-13(19)9-14(20)8-12/h6-10H,4-5H2,1-3H3,(H2,21,22,23,24,25). The minimum atomic E-state index is 0.510. The molecule has 0 radical (unpaired) electrons. The molecule has 1 aromatic carbocycles. The first-order valence-corrected chi connectivity index (χ1v) is 9.05. The minimum Gasteiger partial charge on any atom is -0.383 e. The summed E-state index contributed by atoms with van der Waals surface area (Å²) in [5.74, 6) is 2.53. The van der Waals surface area contributed by atoms with E-state index in [0.29, 0.717) is 40.7 Å². The highest BCUT2D eigenvalue weighted by atomic mass is 35.5. The van der Waals surface area contributed by atoms with Crippen LogP contribution in [0.25, 0.3) is 11.4 Å². The molecule has 0 fully saturated rings. The quantitative estimate of drug-likeness (QED) is 0.608. The van der Waals surface area contributed by atoms with Gasteiger partial charge < -0.3 is 15.0 Å². The first-order valence-electron chi connectivity index (χ1n) is 8.29. The number of H-pyrrole nitrogens is 1. The van der Waals surface area contributed by atoms with Gasteiger partial charge in [0.25, 0.3) is 0 Å². The predicted octanol–water partition coefficient (Wildman–Crippen LogP) is 4.31. The van der Waals surface area contributed by atoms with E-state index in [9.17, 15) is 0 Å². The van der Waals surface area contributed by atoms with Crippen molar-refractivity contribution in [2.75, 3.05) is 37.5 Å². The Morgan fingerprint density at radius 2 is 1.81 bits per heavy atom. The fourth-order valence-corrected chi connectivity index (χ4v) is 2.99. The molecule has 0 bridgehead atoms. The summed E-state index contributed by atoms with van der Waals surface area (Å²) in [7, 11) is 3.61. The van der Waals surface area contributed by atoms with E-state index in [1.807, 2.05) is 31.0 Å². The number of rotatable bonds is 7. The van der Waals surface area contributed by atoms with Crippen molar-refractivity contribution in [1.82, 2.24) is 20.2 Å². The summed E-state index contributed by atoms with van der Waals surface area (Å²) in [5.41, 5.74) is 1.68. The lowest BCUT2D eigenvalue weighted by molar-refractivity contribution is 0.206. The second-order valence-electron chi connectivity index (χ2n) is 6.07. The van der Waals surface area contributed by atoms with Crippen LogP contribution < -0.4 is 10.2 Å². The van der Waals surface area contributed by atoms with Gasteiger partial charge in [0, 0.05) is 54.1 Å². The molecule has 27 heavy (non-hydrogen) atoms. The SMILES string of the molecule is COCCN(C)c1cc(Nc2cc(C)[nH]n2)nc(-c2cc(Cl)cc(Cl)c2)n1. The number of benzene rings is 1. The summed E-state index contributed by atoms with van der Waals surface area (Å²) in [6.07, 6.45) is 0. The molecule has 3 aromatic rings. The first-order chi connectivity index (χ1) is 12.9. The summed E-state index contributed by atoms with van der Waals surface area (Å²) >= 11 is 12.3. The van der Waals surface area contributed by atoms with Crippen LogP contribution in [0.4, 0.5) is 17.5 Å². The highest BCUT2D eigenvalue weighted by Gasteiger charge is 2.12. The summed E-state index contributed by atoms with van der Waals surface area (Å²) in [5, 5.41) is 11.3. The van der Waals surface area contributed by atoms with E-state index in [4.69, 9.17) is 27.9 Å². The third kappa shape index (κ3) is 5.09. The zero-order valence-corrected chi connectivity index (χ0v) is 16.8. The van der Waals surface area contributed by atoms with Gasteiger partial charge in [-0.05, 0) is 25.1 Å². The Bertz CT molecular complexity index is 910. The number of methoxy groups -OCH3 is 1. The van der Waals surface area contributed by atoms with Crippen LogP contribution in [-0.4, -0.2) is 47.5 Å². The maximum absolute atomic E-state index is 6.15. The molecule has 0 aliphatic rings. The van der Waals surface area contributed by atoms with Gasteiger partial charge in [-0.15, -0.1) is 0 Å². The normalized spacial score (nSPS) is 10.9. The van der Waals surface area contributed by atoms with Gasteiger partial charge in [-0.2, -0.15) is 5.10 Å². The second kappa shape index (κ2) is 8.56. The molecular formula is C18H20Cl2N6O. The average molecular weight is 407 g/mol. The molecule has 2 N–H and O–H groups in total. The number of nitrogens with zero attached hydrogens (tertiary/aromatic N) is 4. The fourth-order valence-electron chi connectivity index (χ4n) is 2.46. The Kier molecular flexibility index (Phi) is 6.15. The number of anilines is 3. The van der Waals surface area contributed by atoms with Crippen LogP contribution in [0.15, 0.2) is 30.3 Å². The number of ether oxygens (including phenoxy) is 1. The summed E-state index contributed by atoms with van der Waals surface area (Å²) < 4.78 is 5.16. The fraction of sp³-hybridized carbons (Fsp3) is 0.278. The number of aromatic nitrogens is 4. The topological polar surface area (TPSA) is 79.0 Å². The molecule has 2 aromatic heterocycles. The molecule has 3 rings (SSSR count). The van der Waals surface area contributed by atoms with Gasteiger partial charge >= 0.3 is 0 Å². The number of hydrogen-bond acceptors (Lipinski definition) is 6. The Balaban J connectivity index is 2.01. The molecule has 0 aliphatic carbocycles. The lowest BCUT2D eigenvalue weighted by atomic mass is 10.2. The van der Waals surface area contributed by atoms with Crippen molar-refractivity contribution in [1.29, 1.82) is 0 Å². The average Bonchev–Trinajstić information content (AvgIpc) is 3.03. The molecule has 2 heterocycles. The van der Waals surface area contributed by atoms with E-state index >= 15 is 0 Å². The van der Waals surface area contributed by atoms with Crippen molar-refractivity contribution in [3.05, 3.63) is 46.1 Å². The predicted molar refractivity (Wildman–Crippen MR) is 109 cm³/mol. The molecule has 0 atom stereocenters. The third-order valence-corrected chi connectivity index (χ3v) is 4.25. The zero-order chi connectivity index (χ0) is 19.4. The number of hydrogen-bond donors (Lipinski definition) is 2. The van der Waals surface area contributed by atoms with Crippen molar-refractivity contribution in [2.24, 2.45) is 0 Å². The van der Waals surface area contributed by atoms with Crippen molar-refractivity contribution in [2.45, 2.75) is 6.92 Å². The Hall–Kier alpha value is -2.35. The molecule has 0 unspecified atom stereocenters. The van der Waals surface area contributed by atoms with Crippen LogP contribution in [0, 0.1) is 6.92 Å². The molecule has 0 saturated heterocycles. The van der Waals surface area contributed by atoms with Gasteiger partial charge in [0.15, 0.2) is 11.6 Å². The van der Waals surface area contributed by atoms with Crippen LogP contribution in [-0.2, 0) is 4.74 Å². The lowest BCUT2D eigenvalue weighted by Gasteiger charge is -2.19. The van der Waals surface area contributed by atoms with Crippen LogP contribution in [0.1, 0.15) is 5.69 Å². The molecule has 9 heteroatoms. The van der Waals surface area contributed by atoms with Gasteiger partial charge in [-0.1, -0.05) is 23.2 Å². The smallest absolute Gasteiger partial charge is 0.163 e. The molecule has 7 nitrogen and oxygen atoms in total. The third-order valence-electron chi connectivity index (χ3n) is 3.82. The summed E-state index contributed by atoms with van der Waals surface area (Å²) in [6, 6.07) is 8.99. The molecular weight excluding hydrogens is 387 g/mol. The number of aryl methyl sites for hydroxylation is 1. The molecule has 0 aliphatic heterocycles. The zero-order valence-electron chi connectivity index (χ0n) is 15.3. The largest absolute Gasteiger partial charge is 0.383 e. The molecule has 0 spiro atoms. The molecule has 0 saturated carbocycles. The Morgan fingerprint density at radius 1 is 1.07 bits per heavy atom. The monoisotopic (exact) mass is 406 g/mol. The van der Waals surface area contributed by atoms with Crippen molar-refractivity contribution in [3.8, 4) is 11.4 Å². The van der Waals surface area contributed by atoms with E-state index < -0.39 is 0 Å². The van der Waals surface area contributed by atoms with Gasteiger partial charge in [0.1, 0.15) is 11.6 Å². The van der Waals surface area contributed by atoms with Crippen molar-refractivity contribution >= 4 is 40.7 Å². The summed E-state index contributed by atoms with van der Waals surface area (Å²) in [6.45, 7) is 3.20. The Morgan fingerprint density at radius 3 is 2.44 bits per heavy atom. The van der Waals surface area contributed by atoms with Crippen LogP contribution in [0.5, 0.6) is 0 Å². The molecule has 142 valence electrons. The van der Waals surface area contributed by atoms with E-state index in [-0.39, 0.29) is 0 Å². The minimum absolute atomic E-state index is 0.510. The Labute approximate surface area is 167 Å². The number of aromatic amines is 1. The van der Waals surface area contributed by atoms with E-state index in [1.165, 1.54) is 0 Å². The highest BCUT2D eigenvalue weighted by molar-refractivity contribution is 6.35. The van der Waals surface area contributed by atoms with Crippen molar-refractivity contribution in [3.63, 3.8) is 0 Å². The van der Waals surface area contributed by atoms with Crippen molar-refractivity contribution < 1.29 is 4.74 Å². The maximum atomic E-state index is 6.15. The highest BCUT2D eigenvalue weighted by Crippen LogP contribution is 2.28. The van der Waals surface area contributed by atoms with Crippen LogP contribution in [0.2, 0.25) is 10.0 Å². The number of halogens is 2. The van der Waals surface area contributed by atoms with Gasteiger partial charge in [0.2, 0.25) is 0 Å². The number of likely N-dealkylation sites (N-methyl/N-ethyl adjacent to an activating group) is 1. The van der Waals surface area contributed by atoms with Gasteiger partial charge in [0.05, 0.1) is 6.61 Å². The van der Waals surface area contributed by atoms with E-state index in [0.717, 1.165) is 17.1 Å². The van der Waals surface area contributed by atoms with E-state index in [1.54, 1.807) is 25.3 Å². The van der Waals surface area contributed by atoms with Crippen LogP contribution >= 0.6 is 23.2 Å². The van der Waals surface area contributed by atoms with Crippen LogP contribution in [0.3, 0.4) is 0 Å². The summed E-state index contributed by atoms with van der Waals surface area (Å²) in [4.78, 5) is 11.2. The first kappa shape index (κ1) is 19.4. The van der Waals surface area contributed by atoms with Gasteiger partial charge in [-0.3, -0.25) is 5.10 Å². The number of nitrogens with one attached hydrogen (secondary N) is 2. The molecule has 0 amide bonds. The maximum Gasteiger partial charge on any atom is 0.163 e. The van der Waals surface area contributed by atoms with Gasteiger partial charge in [-0.25, -0.2) is 9.97 Å². The lowest BCUT2D eigenvalue weighted by Crippen LogP contribution is -2.23. The van der Waals surface area contributed by atoms with E-state index in [2.05, 4.69) is 25.5 Å².